The normalized spacial score (nSPS) is 11.1. The van der Waals surface area contributed by atoms with Crippen molar-refractivity contribution < 1.29 is 12.6 Å². The predicted octanol–water partition coefficient (Wildman–Crippen LogP) is 3.62. The largest absolute Gasteiger partial charge is 0.382 e. The van der Waals surface area contributed by atoms with Crippen LogP contribution in [0.3, 0.4) is 0 Å². The topological polar surface area (TPSA) is 67.2 Å². The molecule has 3 aromatic rings. The van der Waals surface area contributed by atoms with E-state index < -0.39 is 10.1 Å². The maximum absolute atomic E-state index is 12.2. The van der Waals surface area contributed by atoms with Gasteiger partial charge >= 0.3 is 10.1 Å². The second-order valence-corrected chi connectivity index (χ2v) is 6.68. The molecule has 0 atom stereocenters. The number of hydrogen-bond acceptors (Lipinski definition) is 4. The summed E-state index contributed by atoms with van der Waals surface area (Å²) in [4.78, 5) is 0. The van der Waals surface area contributed by atoms with E-state index in [9.17, 15) is 8.42 Å². The molecule has 0 N–H and O–H groups in total. The van der Waals surface area contributed by atoms with Crippen LogP contribution in [-0.4, -0.2) is 8.42 Å². The van der Waals surface area contributed by atoms with Crippen molar-refractivity contribution in [1.82, 2.24) is 0 Å². The van der Waals surface area contributed by atoms with Gasteiger partial charge in [-0.2, -0.15) is 13.7 Å². The highest BCUT2D eigenvalue weighted by Crippen LogP contribution is 2.22. The van der Waals surface area contributed by atoms with E-state index in [-0.39, 0.29) is 11.5 Å². The number of fused-ring (bicyclic) bond motifs is 1. The molecule has 0 spiro atoms. The first-order chi connectivity index (χ1) is 11.1. The van der Waals surface area contributed by atoms with Crippen molar-refractivity contribution in [3.05, 3.63) is 77.9 Å². The minimum atomic E-state index is -3.79. The Bertz CT molecular complexity index is 1000. The quantitative estimate of drug-likeness (QED) is 0.688. The Kier molecular flexibility index (Phi) is 4.00. The predicted molar refractivity (Wildman–Crippen MR) is 88.4 cm³/mol. The first-order valence-corrected chi connectivity index (χ1v) is 8.53. The smallest absolute Gasteiger partial charge is 0.313 e. The second-order valence-electron chi connectivity index (χ2n) is 5.11. The molecule has 0 heterocycles. The summed E-state index contributed by atoms with van der Waals surface area (Å²) in [5.74, 6) is -0.00449. The molecule has 0 amide bonds. The van der Waals surface area contributed by atoms with Crippen molar-refractivity contribution in [2.75, 3.05) is 0 Å². The lowest BCUT2D eigenvalue weighted by atomic mass is 10.1. The fraction of sp³-hybridized carbons (Fsp3) is 0.0556. The lowest BCUT2D eigenvalue weighted by Crippen LogP contribution is -2.12. The number of nitrogens with zero attached hydrogens (tertiary/aromatic N) is 1. The van der Waals surface area contributed by atoms with Crippen LogP contribution in [0.15, 0.2) is 66.7 Å². The van der Waals surface area contributed by atoms with E-state index in [2.05, 4.69) is 0 Å². The van der Waals surface area contributed by atoms with Gasteiger partial charge in [0.25, 0.3) is 0 Å². The van der Waals surface area contributed by atoms with Gasteiger partial charge in [-0.1, -0.05) is 42.5 Å². The summed E-state index contributed by atoms with van der Waals surface area (Å²) in [6.45, 7) is 0. The molecule has 3 aromatic carbocycles. The summed E-state index contributed by atoms with van der Waals surface area (Å²) in [5, 5.41) is 10.8. The Balaban J connectivity index is 1.83. The molecule has 0 aliphatic rings. The highest BCUT2D eigenvalue weighted by Gasteiger charge is 2.14. The van der Waals surface area contributed by atoms with E-state index in [4.69, 9.17) is 9.44 Å². The van der Waals surface area contributed by atoms with Crippen LogP contribution in [0.1, 0.15) is 11.1 Å². The lowest BCUT2D eigenvalue weighted by Gasteiger charge is -2.08. The highest BCUT2D eigenvalue weighted by molar-refractivity contribution is 7.86. The molecule has 23 heavy (non-hydrogen) atoms. The Labute approximate surface area is 134 Å². The highest BCUT2D eigenvalue weighted by atomic mass is 32.2. The summed E-state index contributed by atoms with van der Waals surface area (Å²) in [6.07, 6.45) is 0. The van der Waals surface area contributed by atoms with Crippen molar-refractivity contribution in [2.24, 2.45) is 0 Å². The van der Waals surface area contributed by atoms with Crippen LogP contribution in [0.4, 0.5) is 0 Å². The fourth-order valence-corrected chi connectivity index (χ4v) is 3.37. The van der Waals surface area contributed by atoms with Crippen LogP contribution in [0, 0.1) is 11.3 Å². The molecule has 4 nitrogen and oxygen atoms in total. The van der Waals surface area contributed by atoms with Gasteiger partial charge in [0, 0.05) is 0 Å². The molecule has 0 radical (unpaired) electrons. The molecule has 0 aromatic heterocycles. The Hall–Kier alpha value is -2.84. The first-order valence-electron chi connectivity index (χ1n) is 6.96. The van der Waals surface area contributed by atoms with Gasteiger partial charge in [0.15, 0.2) is 0 Å². The van der Waals surface area contributed by atoms with E-state index in [1.165, 1.54) is 0 Å². The number of hydrogen-bond donors (Lipinski definition) is 0. The van der Waals surface area contributed by atoms with Gasteiger partial charge in [0.1, 0.15) is 11.5 Å². The van der Waals surface area contributed by atoms with Crippen LogP contribution in [0.25, 0.3) is 10.8 Å². The van der Waals surface area contributed by atoms with Crippen LogP contribution >= 0.6 is 0 Å². The summed E-state index contributed by atoms with van der Waals surface area (Å²) >= 11 is 0. The maximum Gasteiger partial charge on any atom is 0.313 e. The van der Waals surface area contributed by atoms with E-state index >= 15 is 0 Å². The average molecular weight is 323 g/mol. The van der Waals surface area contributed by atoms with Gasteiger partial charge in [-0.15, -0.1) is 0 Å². The van der Waals surface area contributed by atoms with Gasteiger partial charge < -0.3 is 4.18 Å². The summed E-state index contributed by atoms with van der Waals surface area (Å²) in [5.41, 5.74) is 0.938. The van der Waals surface area contributed by atoms with Crippen LogP contribution in [0.2, 0.25) is 0 Å². The Morgan fingerprint density at radius 1 is 0.913 bits per heavy atom. The number of benzene rings is 3. The van der Waals surface area contributed by atoms with Crippen LogP contribution in [-0.2, 0) is 15.9 Å². The van der Waals surface area contributed by atoms with Crippen molar-refractivity contribution in [3.63, 3.8) is 0 Å². The molecular formula is C18H13NO3S. The zero-order valence-corrected chi connectivity index (χ0v) is 13.0. The van der Waals surface area contributed by atoms with Gasteiger partial charge in [0.05, 0.1) is 11.6 Å². The zero-order valence-electron chi connectivity index (χ0n) is 12.1. The first kappa shape index (κ1) is 15.1. The van der Waals surface area contributed by atoms with Gasteiger partial charge in [-0.3, -0.25) is 0 Å². The average Bonchev–Trinajstić information content (AvgIpc) is 2.54. The fourth-order valence-electron chi connectivity index (χ4n) is 2.33. The monoisotopic (exact) mass is 323 g/mol. The van der Waals surface area contributed by atoms with E-state index in [1.54, 1.807) is 36.4 Å². The van der Waals surface area contributed by atoms with Gasteiger partial charge in [-0.25, -0.2) is 0 Å². The third-order valence-electron chi connectivity index (χ3n) is 3.34. The minimum Gasteiger partial charge on any atom is -0.382 e. The molecule has 5 heteroatoms. The molecule has 0 saturated heterocycles. The van der Waals surface area contributed by atoms with E-state index in [0.29, 0.717) is 11.1 Å². The SMILES string of the molecule is N#Cc1cccc(CS(=O)(=O)Oc2ccc3ccccc3c2)c1. The molecule has 114 valence electrons. The van der Waals surface area contributed by atoms with Crippen LogP contribution < -0.4 is 4.18 Å². The Morgan fingerprint density at radius 3 is 2.48 bits per heavy atom. The standard InChI is InChI=1S/C18H13NO3S/c19-12-14-4-3-5-15(10-14)13-23(20,21)22-18-9-8-16-6-1-2-7-17(16)11-18/h1-11H,13H2. The molecule has 0 unspecified atom stereocenters. The molecule has 0 bridgehead atoms. The molecule has 0 saturated carbocycles. The van der Waals surface area contributed by atoms with Gasteiger partial charge in [-0.05, 0) is 40.6 Å². The lowest BCUT2D eigenvalue weighted by molar-refractivity contribution is 0.485. The summed E-state index contributed by atoms with van der Waals surface area (Å²) < 4.78 is 29.6. The molecule has 0 aliphatic heterocycles. The zero-order chi connectivity index (χ0) is 16.3. The third kappa shape index (κ3) is 3.68. The van der Waals surface area contributed by atoms with Crippen molar-refractivity contribution in [3.8, 4) is 11.8 Å². The number of rotatable bonds is 4. The molecule has 0 fully saturated rings. The van der Waals surface area contributed by atoms with E-state index in [0.717, 1.165) is 10.8 Å². The summed E-state index contributed by atoms with van der Waals surface area (Å²) in [6, 6.07) is 21.2. The third-order valence-corrected chi connectivity index (χ3v) is 4.48. The van der Waals surface area contributed by atoms with E-state index in [1.807, 2.05) is 36.4 Å². The second kappa shape index (κ2) is 6.11. The van der Waals surface area contributed by atoms with Crippen molar-refractivity contribution in [1.29, 1.82) is 5.26 Å². The minimum absolute atomic E-state index is 0.278. The number of nitriles is 1. The molecule has 3 rings (SSSR count). The summed E-state index contributed by atoms with van der Waals surface area (Å²) in [7, 11) is -3.79. The van der Waals surface area contributed by atoms with Crippen molar-refractivity contribution >= 4 is 20.9 Å². The van der Waals surface area contributed by atoms with Crippen LogP contribution in [0.5, 0.6) is 5.75 Å². The van der Waals surface area contributed by atoms with Crippen molar-refractivity contribution in [2.45, 2.75) is 5.75 Å². The molecular weight excluding hydrogens is 310 g/mol. The Morgan fingerprint density at radius 2 is 1.70 bits per heavy atom. The maximum atomic E-state index is 12.2. The molecule has 0 aliphatic carbocycles. The van der Waals surface area contributed by atoms with Gasteiger partial charge in [0.2, 0.25) is 0 Å².